The Morgan fingerprint density at radius 2 is 2.05 bits per heavy atom. The fraction of sp³-hybridized carbons (Fsp3) is 0.875. The molecule has 1 rings (SSSR count). The number of ether oxygens (including phenoxy) is 1. The molecule has 0 aliphatic carbocycles. The van der Waals surface area contributed by atoms with Crippen molar-refractivity contribution in [2.45, 2.75) is 36.9 Å². The molecule has 11 nitrogen and oxygen atoms in total. The maximum atomic E-state index is 10.9. The van der Waals surface area contributed by atoms with Crippen molar-refractivity contribution in [2.24, 2.45) is 5.11 Å². The molecule has 5 unspecified atom stereocenters. The van der Waals surface area contributed by atoms with E-state index in [9.17, 15) is 25.2 Å². The molecule has 19 heavy (non-hydrogen) atoms. The van der Waals surface area contributed by atoms with E-state index in [1.165, 1.54) is 0 Å². The van der Waals surface area contributed by atoms with Crippen LogP contribution in [0.3, 0.4) is 0 Å². The van der Waals surface area contributed by atoms with E-state index in [4.69, 9.17) is 15.4 Å². The second kappa shape index (κ2) is 5.27. The molecule has 0 aromatic heterocycles. The number of carbonyl (C=O) groups excluding carboxylic acids is 1. The number of carbonyl (C=O) groups is 1. The van der Waals surface area contributed by atoms with Crippen LogP contribution in [-0.2, 0) is 9.53 Å². The van der Waals surface area contributed by atoms with Gasteiger partial charge in [-0.15, -0.1) is 0 Å². The smallest absolute Gasteiger partial charge is 0.279 e. The van der Waals surface area contributed by atoms with Gasteiger partial charge in [0, 0.05) is 11.8 Å². The average Bonchev–Trinajstić information content (AvgIpc) is 2.33. The lowest BCUT2D eigenvalue weighted by atomic mass is 9.92. The summed E-state index contributed by atoms with van der Waals surface area (Å²) in [5, 5.41) is 52.7. The first-order chi connectivity index (χ1) is 8.72. The van der Waals surface area contributed by atoms with Gasteiger partial charge < -0.3 is 35.6 Å². The normalized spacial score (nSPS) is 42.3. The molecule has 1 saturated heterocycles. The van der Waals surface area contributed by atoms with Gasteiger partial charge in [-0.3, -0.25) is 4.79 Å². The first-order valence-corrected chi connectivity index (χ1v) is 5.15. The molecule has 0 saturated carbocycles. The summed E-state index contributed by atoms with van der Waals surface area (Å²) in [6.45, 7) is -0.121. The highest BCUT2D eigenvalue weighted by Crippen LogP contribution is 2.34. The maximum Gasteiger partial charge on any atom is 0.279 e. The van der Waals surface area contributed by atoms with Crippen LogP contribution in [0, 0.1) is 0 Å². The number of hydrogen-bond acceptors (Lipinski definition) is 8. The molecule has 5 atom stereocenters. The molecule has 1 heterocycles. The summed E-state index contributed by atoms with van der Waals surface area (Å²) in [7, 11) is 0. The van der Waals surface area contributed by atoms with E-state index < -0.39 is 42.5 Å². The van der Waals surface area contributed by atoms with Crippen LogP contribution in [0.5, 0.6) is 0 Å². The summed E-state index contributed by atoms with van der Waals surface area (Å²) in [6, 6.07) is 0. The van der Waals surface area contributed by atoms with E-state index in [1.54, 1.807) is 5.32 Å². The minimum absolute atomic E-state index is 0.835. The van der Waals surface area contributed by atoms with Gasteiger partial charge in [-0.25, -0.2) is 0 Å². The van der Waals surface area contributed by atoms with E-state index >= 15 is 0 Å². The van der Waals surface area contributed by atoms with Crippen LogP contribution in [0.25, 0.3) is 10.4 Å². The SMILES string of the molecule is CC(=O)NC1(O)OC(CO)(N=[N+]=[N-])C(O)C(O)C1O. The predicted octanol–water partition coefficient (Wildman–Crippen LogP) is -3.12. The molecule has 1 aliphatic heterocycles. The zero-order valence-corrected chi connectivity index (χ0v) is 9.83. The molecule has 0 aromatic rings. The van der Waals surface area contributed by atoms with Gasteiger partial charge in [-0.1, -0.05) is 5.11 Å². The largest absolute Gasteiger partial charge is 0.393 e. The number of azide groups is 1. The van der Waals surface area contributed by atoms with Crippen molar-refractivity contribution in [3.05, 3.63) is 10.4 Å². The molecule has 0 radical (unpaired) electrons. The minimum atomic E-state index is -2.83. The van der Waals surface area contributed by atoms with Gasteiger partial charge in [-0.2, -0.15) is 0 Å². The molecule has 0 bridgehead atoms. The Bertz CT molecular complexity index is 414. The van der Waals surface area contributed by atoms with Crippen LogP contribution in [0.15, 0.2) is 5.11 Å². The minimum Gasteiger partial charge on any atom is -0.393 e. The van der Waals surface area contributed by atoms with E-state index in [-0.39, 0.29) is 0 Å². The summed E-state index contributed by atoms with van der Waals surface area (Å²) in [5.74, 6) is -3.67. The Hall–Kier alpha value is -1.46. The lowest BCUT2D eigenvalue weighted by Gasteiger charge is -2.49. The zero-order chi connectivity index (χ0) is 14.8. The van der Waals surface area contributed by atoms with Gasteiger partial charge in [0.25, 0.3) is 5.91 Å². The Morgan fingerprint density at radius 1 is 1.47 bits per heavy atom. The van der Waals surface area contributed by atoms with Crippen LogP contribution >= 0.6 is 0 Å². The number of hydrogen-bond donors (Lipinski definition) is 6. The third-order valence-electron chi connectivity index (χ3n) is 2.64. The van der Waals surface area contributed by atoms with Crippen molar-refractivity contribution in [3.63, 3.8) is 0 Å². The molecular weight excluding hydrogens is 264 g/mol. The molecule has 0 aromatic carbocycles. The highest BCUT2D eigenvalue weighted by Gasteiger charge is 2.60. The van der Waals surface area contributed by atoms with Crippen molar-refractivity contribution in [1.29, 1.82) is 0 Å². The van der Waals surface area contributed by atoms with Crippen molar-refractivity contribution in [2.75, 3.05) is 6.61 Å². The number of rotatable bonds is 3. The topological polar surface area (TPSA) is 188 Å². The zero-order valence-electron chi connectivity index (χ0n) is 9.83. The van der Waals surface area contributed by atoms with Crippen LogP contribution in [0.4, 0.5) is 0 Å². The number of aliphatic hydroxyl groups excluding tert-OH is 4. The quantitative estimate of drug-likeness (QED) is 0.136. The van der Waals surface area contributed by atoms with Crippen molar-refractivity contribution < 1.29 is 35.1 Å². The van der Waals surface area contributed by atoms with Gasteiger partial charge in [-0.05, 0) is 5.53 Å². The highest BCUT2D eigenvalue weighted by molar-refractivity contribution is 5.73. The van der Waals surface area contributed by atoms with Crippen molar-refractivity contribution in [3.8, 4) is 0 Å². The monoisotopic (exact) mass is 278 g/mol. The fourth-order valence-electron chi connectivity index (χ4n) is 1.73. The van der Waals surface area contributed by atoms with Gasteiger partial charge in [0.05, 0.1) is 6.61 Å². The lowest BCUT2D eigenvalue weighted by molar-refractivity contribution is -0.388. The van der Waals surface area contributed by atoms with E-state index in [0.717, 1.165) is 6.92 Å². The first kappa shape index (κ1) is 15.6. The molecule has 6 N–H and O–H groups in total. The third kappa shape index (κ3) is 2.62. The third-order valence-corrected chi connectivity index (χ3v) is 2.64. The van der Waals surface area contributed by atoms with Crippen LogP contribution in [0.2, 0.25) is 0 Å². The molecule has 1 amide bonds. The molecule has 1 fully saturated rings. The Kier molecular flexibility index (Phi) is 4.32. The summed E-state index contributed by atoms with van der Waals surface area (Å²) < 4.78 is 4.75. The standard InChI is InChI=1S/C8H14N4O7/c1-3(14)10-8(18)6(17)4(15)5(16)7(2-13,19-8)11-12-9/h4-6,13,15-18H,2H2,1H3,(H,10,14). The summed E-state index contributed by atoms with van der Waals surface area (Å²) >= 11 is 0. The van der Waals surface area contributed by atoms with Crippen LogP contribution in [0.1, 0.15) is 6.92 Å². The molecule has 1 aliphatic rings. The number of aliphatic hydroxyl groups is 5. The Morgan fingerprint density at radius 3 is 2.47 bits per heavy atom. The summed E-state index contributed by atoms with van der Waals surface area (Å²) in [4.78, 5) is 13.3. The van der Waals surface area contributed by atoms with E-state index in [2.05, 4.69) is 10.0 Å². The molecule has 11 heteroatoms. The number of nitrogens with one attached hydrogen (secondary N) is 1. The Labute approximate surface area is 106 Å². The second-order valence-electron chi connectivity index (χ2n) is 4.05. The van der Waals surface area contributed by atoms with Crippen LogP contribution < -0.4 is 5.32 Å². The molecule has 0 spiro atoms. The van der Waals surface area contributed by atoms with Gasteiger partial charge in [0.15, 0.2) is 6.10 Å². The molecular formula is C8H14N4O7. The van der Waals surface area contributed by atoms with Crippen molar-refractivity contribution in [1.82, 2.24) is 5.32 Å². The van der Waals surface area contributed by atoms with E-state index in [1.807, 2.05) is 0 Å². The maximum absolute atomic E-state index is 10.9. The van der Waals surface area contributed by atoms with Gasteiger partial charge in [0.1, 0.15) is 12.2 Å². The van der Waals surface area contributed by atoms with Crippen LogP contribution in [-0.4, -0.2) is 68.0 Å². The first-order valence-electron chi connectivity index (χ1n) is 5.15. The summed E-state index contributed by atoms with van der Waals surface area (Å²) in [5.41, 5.74) is 5.93. The number of amides is 1. The van der Waals surface area contributed by atoms with Gasteiger partial charge >= 0.3 is 0 Å². The fourth-order valence-corrected chi connectivity index (χ4v) is 1.73. The Balaban J connectivity index is 3.23. The lowest BCUT2D eigenvalue weighted by Crippen LogP contribution is -2.75. The van der Waals surface area contributed by atoms with Crippen molar-refractivity contribution >= 4 is 5.91 Å². The number of nitrogens with zero attached hydrogens (tertiary/aromatic N) is 3. The summed E-state index contributed by atoms with van der Waals surface area (Å²) in [6.07, 6.45) is -6.18. The molecule has 108 valence electrons. The van der Waals surface area contributed by atoms with E-state index in [0.29, 0.717) is 0 Å². The predicted molar refractivity (Wildman–Crippen MR) is 56.8 cm³/mol. The second-order valence-corrected chi connectivity index (χ2v) is 4.05. The highest BCUT2D eigenvalue weighted by atomic mass is 16.7. The average molecular weight is 278 g/mol. The van der Waals surface area contributed by atoms with Gasteiger partial charge in [0.2, 0.25) is 11.6 Å².